The third-order valence-electron chi connectivity index (χ3n) is 1.43. The summed E-state index contributed by atoms with van der Waals surface area (Å²) in [6.07, 6.45) is 1.42. The number of hydrogen-bond acceptors (Lipinski definition) is 2. The third-order valence-corrected chi connectivity index (χ3v) is 1.69. The van der Waals surface area contributed by atoms with Gasteiger partial charge in [0.15, 0.2) is 0 Å². The van der Waals surface area contributed by atoms with Crippen molar-refractivity contribution in [2.24, 2.45) is 0 Å². The largest absolute Gasteiger partial charge is 0.276 e. The lowest BCUT2D eigenvalue weighted by Gasteiger charge is -1.96. The van der Waals surface area contributed by atoms with Gasteiger partial charge in [-0.15, -0.1) is 0 Å². The summed E-state index contributed by atoms with van der Waals surface area (Å²) in [6.45, 7) is 0. The zero-order valence-corrected chi connectivity index (χ0v) is 7.99. The first-order chi connectivity index (χ1) is 6.15. The van der Waals surface area contributed by atoms with Crippen LogP contribution >= 0.6 is 15.9 Å². The van der Waals surface area contributed by atoms with Crippen LogP contribution in [0.25, 0.3) is 6.08 Å². The van der Waals surface area contributed by atoms with Crippen LogP contribution in [0.3, 0.4) is 0 Å². The van der Waals surface area contributed by atoms with Gasteiger partial charge in [0.25, 0.3) is 5.69 Å². The molecule has 3 nitrogen and oxygen atoms in total. The quantitative estimate of drug-likeness (QED) is 0.594. The fourth-order valence-corrected chi connectivity index (χ4v) is 1.18. The van der Waals surface area contributed by atoms with Crippen molar-refractivity contribution in [1.29, 1.82) is 0 Å². The number of hydrogen-bond donors (Lipinski definition) is 0. The highest BCUT2D eigenvalue weighted by Gasteiger charge is 2.11. The van der Waals surface area contributed by atoms with Crippen LogP contribution < -0.4 is 0 Å². The van der Waals surface area contributed by atoms with E-state index in [0.29, 0.717) is 0 Å². The summed E-state index contributed by atoms with van der Waals surface area (Å²) in [6, 6.07) is 3.30. The molecule has 0 bridgehead atoms. The predicted octanol–water partition coefficient (Wildman–Crippen LogP) is 3.10. The topological polar surface area (TPSA) is 43.1 Å². The Balaban J connectivity index is 3.26. The molecule has 0 spiro atoms. The summed E-state index contributed by atoms with van der Waals surface area (Å²) >= 11 is 2.97. The molecule has 0 amide bonds. The molecular formula is C8H5BrFNO2. The van der Waals surface area contributed by atoms with E-state index in [9.17, 15) is 14.5 Å². The lowest BCUT2D eigenvalue weighted by atomic mass is 10.2. The number of nitrogens with zero attached hydrogens (tertiary/aromatic N) is 1. The number of rotatable bonds is 2. The van der Waals surface area contributed by atoms with Crippen LogP contribution in [-0.4, -0.2) is 4.92 Å². The van der Waals surface area contributed by atoms with Crippen molar-refractivity contribution < 1.29 is 9.31 Å². The van der Waals surface area contributed by atoms with Crippen LogP contribution in [0, 0.1) is 15.9 Å². The molecule has 0 heterocycles. The minimum atomic E-state index is -0.554. The summed E-state index contributed by atoms with van der Waals surface area (Å²) in [4.78, 5) is 11.3. The van der Waals surface area contributed by atoms with Crippen molar-refractivity contribution in [2.45, 2.75) is 0 Å². The van der Waals surface area contributed by atoms with Gasteiger partial charge >= 0.3 is 0 Å². The molecule has 0 aromatic heterocycles. The maximum absolute atomic E-state index is 12.7. The Morgan fingerprint density at radius 2 is 2.23 bits per heavy atom. The van der Waals surface area contributed by atoms with E-state index >= 15 is 0 Å². The summed E-state index contributed by atoms with van der Waals surface area (Å²) < 4.78 is 12.7. The van der Waals surface area contributed by atoms with Crippen LogP contribution in [0.1, 0.15) is 5.56 Å². The molecule has 0 N–H and O–H groups in total. The van der Waals surface area contributed by atoms with E-state index in [1.54, 1.807) is 0 Å². The van der Waals surface area contributed by atoms with Gasteiger partial charge in [0.2, 0.25) is 0 Å². The first kappa shape index (κ1) is 9.85. The fourth-order valence-electron chi connectivity index (χ4n) is 0.893. The maximum atomic E-state index is 12.7. The number of nitro groups is 1. The second kappa shape index (κ2) is 4.13. The molecule has 5 heteroatoms. The van der Waals surface area contributed by atoms with Gasteiger partial charge in [-0.25, -0.2) is 4.39 Å². The Morgan fingerprint density at radius 3 is 2.77 bits per heavy atom. The van der Waals surface area contributed by atoms with Crippen molar-refractivity contribution in [3.8, 4) is 0 Å². The van der Waals surface area contributed by atoms with Gasteiger partial charge < -0.3 is 0 Å². The van der Waals surface area contributed by atoms with Crippen molar-refractivity contribution in [3.05, 3.63) is 44.7 Å². The smallest absolute Gasteiger partial charge is 0.258 e. The first-order valence-corrected chi connectivity index (χ1v) is 4.27. The molecule has 0 saturated carbocycles. The molecule has 0 atom stereocenters. The minimum absolute atomic E-state index is 0.114. The normalized spacial score (nSPS) is 10.6. The maximum Gasteiger partial charge on any atom is 0.276 e. The van der Waals surface area contributed by atoms with Gasteiger partial charge in [0.05, 0.1) is 10.5 Å². The molecule has 0 aliphatic heterocycles. The molecule has 0 radical (unpaired) electrons. The van der Waals surface area contributed by atoms with E-state index in [0.717, 1.165) is 18.2 Å². The highest BCUT2D eigenvalue weighted by molar-refractivity contribution is 9.11. The predicted molar refractivity (Wildman–Crippen MR) is 51.0 cm³/mol. The van der Waals surface area contributed by atoms with Crippen LogP contribution in [0.2, 0.25) is 0 Å². The van der Waals surface area contributed by atoms with Gasteiger partial charge in [-0.05, 0) is 23.2 Å². The zero-order chi connectivity index (χ0) is 9.84. The summed E-state index contributed by atoms with van der Waals surface area (Å²) in [5.74, 6) is -0.494. The Morgan fingerprint density at radius 1 is 1.54 bits per heavy atom. The van der Waals surface area contributed by atoms with E-state index < -0.39 is 10.7 Å². The molecule has 1 aromatic rings. The van der Waals surface area contributed by atoms with Crippen molar-refractivity contribution in [3.63, 3.8) is 0 Å². The molecule has 0 aliphatic carbocycles. The lowest BCUT2D eigenvalue weighted by Crippen LogP contribution is -1.91. The standard InChI is InChI=1S/C8H5BrFNO2/c9-4-3-6-5-7(10)1-2-8(6)11(12)13/h1-5H/b4-3+. The van der Waals surface area contributed by atoms with Gasteiger partial charge in [0.1, 0.15) is 5.82 Å². The number of halogens is 2. The first-order valence-electron chi connectivity index (χ1n) is 3.36. The monoisotopic (exact) mass is 245 g/mol. The molecule has 0 fully saturated rings. The van der Waals surface area contributed by atoms with Gasteiger partial charge in [-0.2, -0.15) is 0 Å². The van der Waals surface area contributed by atoms with E-state index in [-0.39, 0.29) is 11.3 Å². The minimum Gasteiger partial charge on any atom is -0.258 e. The average Bonchev–Trinajstić information content (AvgIpc) is 2.04. The van der Waals surface area contributed by atoms with E-state index in [1.165, 1.54) is 11.1 Å². The average molecular weight is 246 g/mol. The number of nitro benzene ring substituents is 1. The molecule has 1 aromatic carbocycles. The van der Waals surface area contributed by atoms with Crippen molar-refractivity contribution in [1.82, 2.24) is 0 Å². The molecule has 68 valence electrons. The molecule has 13 heavy (non-hydrogen) atoms. The SMILES string of the molecule is O=[N+]([O-])c1ccc(F)cc1/C=C/Br. The lowest BCUT2D eigenvalue weighted by molar-refractivity contribution is -0.385. The van der Waals surface area contributed by atoms with E-state index in [4.69, 9.17) is 0 Å². The van der Waals surface area contributed by atoms with Gasteiger partial charge in [0, 0.05) is 6.07 Å². The van der Waals surface area contributed by atoms with Crippen LogP contribution in [0.15, 0.2) is 23.2 Å². The zero-order valence-electron chi connectivity index (χ0n) is 6.41. The molecule has 0 aliphatic rings. The summed E-state index contributed by atoms with van der Waals surface area (Å²) in [5.41, 5.74) is 0.124. The second-order valence-electron chi connectivity index (χ2n) is 2.25. The molecule has 1 rings (SSSR count). The Bertz CT molecular complexity index is 365. The highest BCUT2D eigenvalue weighted by atomic mass is 79.9. The van der Waals surface area contributed by atoms with Crippen molar-refractivity contribution >= 4 is 27.7 Å². The summed E-state index contributed by atoms with van der Waals surface area (Å²) in [5, 5.41) is 10.4. The van der Waals surface area contributed by atoms with Gasteiger partial charge in [-0.1, -0.05) is 15.9 Å². The fraction of sp³-hybridized carbons (Fsp3) is 0. The highest BCUT2D eigenvalue weighted by Crippen LogP contribution is 2.21. The Labute approximate surface area is 82.2 Å². The summed E-state index contributed by atoms with van der Waals surface area (Å²) in [7, 11) is 0. The van der Waals surface area contributed by atoms with Crippen LogP contribution in [0.5, 0.6) is 0 Å². The van der Waals surface area contributed by atoms with E-state index in [1.807, 2.05) is 0 Å². The Kier molecular flexibility index (Phi) is 3.13. The Hall–Kier alpha value is -1.23. The van der Waals surface area contributed by atoms with Crippen LogP contribution in [-0.2, 0) is 0 Å². The van der Waals surface area contributed by atoms with Crippen LogP contribution in [0.4, 0.5) is 10.1 Å². The molecule has 0 saturated heterocycles. The van der Waals surface area contributed by atoms with E-state index in [2.05, 4.69) is 15.9 Å². The van der Waals surface area contributed by atoms with Gasteiger partial charge in [-0.3, -0.25) is 10.1 Å². The van der Waals surface area contributed by atoms with Crippen molar-refractivity contribution in [2.75, 3.05) is 0 Å². The third kappa shape index (κ3) is 2.35. The second-order valence-corrected chi connectivity index (χ2v) is 2.78. The number of benzene rings is 1. The molecular weight excluding hydrogens is 241 g/mol. The molecule has 0 unspecified atom stereocenters.